The van der Waals surface area contributed by atoms with Crippen molar-refractivity contribution in [2.75, 3.05) is 13.1 Å². The van der Waals surface area contributed by atoms with Crippen LogP contribution in [0.15, 0.2) is 60.2 Å². The maximum absolute atomic E-state index is 12.5. The Morgan fingerprint density at radius 2 is 2.06 bits per heavy atom. The van der Waals surface area contributed by atoms with E-state index in [0.717, 1.165) is 16.8 Å². The van der Waals surface area contributed by atoms with Crippen LogP contribution in [0.3, 0.4) is 0 Å². The highest BCUT2D eigenvalue weighted by Crippen LogP contribution is 2.34. The van der Waals surface area contributed by atoms with E-state index in [4.69, 9.17) is 0 Å². The van der Waals surface area contributed by atoms with Gasteiger partial charge in [0, 0.05) is 32.0 Å². The second-order valence-electron chi connectivity index (χ2n) is 7.80. The second-order valence-corrected chi connectivity index (χ2v) is 7.80. The third kappa shape index (κ3) is 3.74. The molecule has 0 aromatic carbocycles. The molecule has 1 N–H and O–H groups in total. The summed E-state index contributed by atoms with van der Waals surface area (Å²) in [6.07, 6.45) is 6.29. The van der Waals surface area contributed by atoms with Crippen LogP contribution < -0.4 is 5.56 Å². The summed E-state index contributed by atoms with van der Waals surface area (Å²) in [5.41, 5.74) is 1.72. The van der Waals surface area contributed by atoms with Crippen LogP contribution in [-0.2, 0) is 12.0 Å². The van der Waals surface area contributed by atoms with Gasteiger partial charge in [-0.25, -0.2) is 4.79 Å². The van der Waals surface area contributed by atoms with Crippen LogP contribution in [0.4, 0.5) is 0 Å². The highest BCUT2D eigenvalue weighted by Gasteiger charge is 2.37. The van der Waals surface area contributed by atoms with Crippen LogP contribution in [-0.4, -0.2) is 38.4 Å². The summed E-state index contributed by atoms with van der Waals surface area (Å²) in [6.45, 7) is 5.56. The van der Waals surface area contributed by atoms with Crippen molar-refractivity contribution in [2.45, 2.75) is 24.8 Å². The molecular formula is C24H22N4O3. The number of nitrogens with zero attached hydrogens (tertiary/aromatic N) is 4. The lowest BCUT2D eigenvalue weighted by Gasteiger charge is -2.37. The lowest BCUT2D eigenvalue weighted by Crippen LogP contribution is -2.42. The van der Waals surface area contributed by atoms with Crippen molar-refractivity contribution in [1.29, 1.82) is 5.26 Å². The van der Waals surface area contributed by atoms with Crippen LogP contribution in [0, 0.1) is 11.3 Å². The number of aromatic nitrogens is 2. The molecular weight excluding hydrogens is 392 g/mol. The minimum atomic E-state index is -1.24. The molecule has 4 heterocycles. The van der Waals surface area contributed by atoms with Crippen molar-refractivity contribution in [2.24, 2.45) is 0 Å². The molecule has 4 rings (SSSR count). The highest BCUT2D eigenvalue weighted by molar-refractivity contribution is 5.88. The molecule has 0 unspecified atom stereocenters. The second kappa shape index (κ2) is 8.17. The Labute approximate surface area is 179 Å². The summed E-state index contributed by atoms with van der Waals surface area (Å²) in [5, 5.41) is 19.4. The van der Waals surface area contributed by atoms with Crippen molar-refractivity contribution in [3.63, 3.8) is 0 Å². The van der Waals surface area contributed by atoms with Crippen molar-refractivity contribution >= 4 is 17.6 Å². The lowest BCUT2D eigenvalue weighted by molar-refractivity contribution is 0.0694. The zero-order valence-electron chi connectivity index (χ0n) is 17.0. The summed E-state index contributed by atoms with van der Waals surface area (Å²) >= 11 is 0. The minimum Gasteiger partial charge on any atom is -0.477 e. The fraction of sp³-hybridized carbons (Fsp3) is 0.250. The smallest absolute Gasteiger partial charge is 0.341 e. The SMILES string of the molecule is C=Cc1ccc(C2(C#N)CCN(Cc3cc(C(=O)O)c(=O)n4ccccc34)CC2)nc1. The Morgan fingerprint density at radius 1 is 1.29 bits per heavy atom. The van der Waals surface area contributed by atoms with Gasteiger partial charge < -0.3 is 5.11 Å². The van der Waals surface area contributed by atoms with Gasteiger partial charge >= 0.3 is 5.97 Å². The maximum atomic E-state index is 12.5. The third-order valence-corrected chi connectivity index (χ3v) is 6.02. The van der Waals surface area contributed by atoms with Gasteiger partial charge in [0.05, 0.1) is 17.3 Å². The minimum absolute atomic E-state index is 0.242. The molecule has 0 atom stereocenters. The van der Waals surface area contributed by atoms with E-state index >= 15 is 0 Å². The van der Waals surface area contributed by atoms with Gasteiger partial charge in [-0.05, 0) is 48.2 Å². The first-order valence-electron chi connectivity index (χ1n) is 10.1. The lowest BCUT2D eigenvalue weighted by atomic mass is 9.76. The summed E-state index contributed by atoms with van der Waals surface area (Å²) in [4.78, 5) is 30.7. The van der Waals surface area contributed by atoms with Crippen LogP contribution in [0.2, 0.25) is 0 Å². The number of nitriles is 1. The van der Waals surface area contributed by atoms with Gasteiger partial charge in [-0.1, -0.05) is 24.8 Å². The van der Waals surface area contributed by atoms with Crippen molar-refractivity contribution in [1.82, 2.24) is 14.3 Å². The quantitative estimate of drug-likeness (QED) is 0.689. The van der Waals surface area contributed by atoms with E-state index in [9.17, 15) is 20.0 Å². The molecule has 0 saturated carbocycles. The molecule has 0 radical (unpaired) electrons. The summed E-state index contributed by atoms with van der Waals surface area (Å²) < 4.78 is 1.38. The Balaban J connectivity index is 1.59. The molecule has 3 aromatic heterocycles. The molecule has 0 spiro atoms. The number of aromatic carboxylic acids is 1. The first-order valence-corrected chi connectivity index (χ1v) is 10.1. The monoisotopic (exact) mass is 414 g/mol. The number of likely N-dealkylation sites (tertiary alicyclic amines) is 1. The van der Waals surface area contributed by atoms with Gasteiger partial charge in [0.15, 0.2) is 0 Å². The van der Waals surface area contributed by atoms with Gasteiger partial charge in [-0.2, -0.15) is 5.26 Å². The Hall–Kier alpha value is -3.76. The first-order chi connectivity index (χ1) is 15.0. The Bertz CT molecular complexity index is 1250. The molecule has 3 aromatic rings. The molecule has 1 aliphatic heterocycles. The number of piperidine rings is 1. The fourth-order valence-electron chi connectivity index (χ4n) is 4.17. The van der Waals surface area contributed by atoms with Crippen LogP contribution in [0.25, 0.3) is 11.6 Å². The molecule has 1 aliphatic rings. The number of hydrogen-bond donors (Lipinski definition) is 1. The fourth-order valence-corrected chi connectivity index (χ4v) is 4.17. The predicted octanol–water partition coefficient (Wildman–Crippen LogP) is 3.09. The van der Waals surface area contributed by atoms with Crippen molar-refractivity contribution in [3.8, 4) is 6.07 Å². The standard InChI is InChI=1S/C24H22N4O3/c1-2-17-6-7-21(26-14-17)24(16-25)8-11-27(12-9-24)15-18-13-19(23(30)31)22(29)28-10-4-3-5-20(18)28/h2-7,10,13-14H,1,8-9,11-12,15H2,(H,30,31). The van der Waals surface area contributed by atoms with Gasteiger partial charge in [-0.3, -0.25) is 19.1 Å². The van der Waals surface area contributed by atoms with Crippen molar-refractivity contribution < 1.29 is 9.90 Å². The molecule has 0 bridgehead atoms. The van der Waals surface area contributed by atoms with E-state index < -0.39 is 16.9 Å². The molecule has 7 heteroatoms. The zero-order chi connectivity index (χ0) is 22.0. The Kier molecular flexibility index (Phi) is 5.40. The van der Waals surface area contributed by atoms with E-state index in [0.29, 0.717) is 38.0 Å². The number of pyridine rings is 3. The molecule has 0 aliphatic carbocycles. The van der Waals surface area contributed by atoms with Gasteiger partial charge in [0.2, 0.25) is 0 Å². The van der Waals surface area contributed by atoms with Gasteiger partial charge in [-0.15, -0.1) is 0 Å². The number of hydrogen-bond acceptors (Lipinski definition) is 5. The van der Waals surface area contributed by atoms with E-state index in [1.807, 2.05) is 24.3 Å². The molecule has 1 saturated heterocycles. The number of rotatable bonds is 5. The van der Waals surface area contributed by atoms with Crippen LogP contribution in [0.1, 0.15) is 40.0 Å². The van der Waals surface area contributed by atoms with E-state index in [1.165, 1.54) is 10.5 Å². The number of carbonyl (C=O) groups is 1. The zero-order valence-corrected chi connectivity index (χ0v) is 17.0. The largest absolute Gasteiger partial charge is 0.477 e. The number of carboxylic acids is 1. The summed E-state index contributed by atoms with van der Waals surface area (Å²) in [6, 6.07) is 13.1. The maximum Gasteiger partial charge on any atom is 0.341 e. The van der Waals surface area contributed by atoms with Crippen LogP contribution in [0.5, 0.6) is 0 Å². The Morgan fingerprint density at radius 3 is 2.68 bits per heavy atom. The van der Waals surface area contributed by atoms with Crippen molar-refractivity contribution in [3.05, 3.63) is 88.1 Å². The van der Waals surface area contributed by atoms with E-state index in [1.54, 1.807) is 24.5 Å². The average Bonchev–Trinajstić information content (AvgIpc) is 2.81. The van der Waals surface area contributed by atoms with E-state index in [-0.39, 0.29) is 5.56 Å². The topological polar surface area (TPSA) is 98.7 Å². The van der Waals surface area contributed by atoms with Gasteiger partial charge in [0.25, 0.3) is 5.56 Å². The summed E-state index contributed by atoms with van der Waals surface area (Å²) in [5.74, 6) is -1.24. The van der Waals surface area contributed by atoms with E-state index in [2.05, 4.69) is 22.5 Å². The molecule has 1 fully saturated rings. The van der Waals surface area contributed by atoms with Crippen LogP contribution >= 0.6 is 0 Å². The number of fused-ring (bicyclic) bond motifs is 1. The molecule has 156 valence electrons. The first kappa shape index (κ1) is 20.5. The van der Waals surface area contributed by atoms with Gasteiger partial charge in [0.1, 0.15) is 11.0 Å². The molecule has 0 amide bonds. The predicted molar refractivity (Wildman–Crippen MR) is 117 cm³/mol. The average molecular weight is 414 g/mol. The third-order valence-electron chi connectivity index (χ3n) is 6.02. The number of carboxylic acid groups (broad SMARTS) is 1. The highest BCUT2D eigenvalue weighted by atomic mass is 16.4. The summed E-state index contributed by atoms with van der Waals surface area (Å²) in [7, 11) is 0. The molecule has 31 heavy (non-hydrogen) atoms. The normalized spacial score (nSPS) is 16.0. The molecule has 7 nitrogen and oxygen atoms in total.